The molecule has 2 aliphatic rings. The topological polar surface area (TPSA) is 47.6 Å². The van der Waals surface area contributed by atoms with Crippen molar-refractivity contribution in [3.05, 3.63) is 28.8 Å². The number of nitrogens with zero attached hydrogens (tertiary/aromatic N) is 2. The third-order valence-electron chi connectivity index (χ3n) is 3.52. The van der Waals surface area contributed by atoms with Crippen molar-refractivity contribution in [2.75, 3.05) is 44.4 Å². The Bertz CT molecular complexity index is 1380. The number of piperazine rings is 1. The molecule has 1 heterocycles. The number of urea groups is 1. The summed E-state index contributed by atoms with van der Waals surface area (Å²) in [4.78, 5) is 11.5. The van der Waals surface area contributed by atoms with Crippen LogP contribution in [-0.2, 0) is 0 Å². The molecule has 1 aliphatic carbocycles. The molecule has 2 amide bonds. The summed E-state index contributed by atoms with van der Waals surface area (Å²) in [5.41, 5.74) is -0.268. The maximum absolute atomic E-state index is 12.1. The Morgan fingerprint density at radius 2 is 2.00 bits per heavy atom. The van der Waals surface area contributed by atoms with Gasteiger partial charge in [0.25, 0.3) is 0 Å². The van der Waals surface area contributed by atoms with E-state index in [9.17, 15) is 4.79 Å². The van der Waals surface area contributed by atoms with E-state index in [4.69, 9.17) is 39.0 Å². The van der Waals surface area contributed by atoms with Gasteiger partial charge < -0.3 is 15.5 Å². The first kappa shape index (κ1) is 6.81. The molecular formula is C21H33ClN4O. The van der Waals surface area contributed by atoms with Gasteiger partial charge in [0.15, 0.2) is 0 Å². The number of rotatable bonds is 5. The fraction of sp³-hybridized carbons (Fsp3) is 0.667. The lowest BCUT2D eigenvalue weighted by Gasteiger charge is -2.37. The third-order valence-corrected chi connectivity index (χ3v) is 4.01. The lowest BCUT2D eigenvalue weighted by molar-refractivity contribution is 0.206. The number of aryl methyl sites for hydroxylation is 1. The van der Waals surface area contributed by atoms with E-state index in [1.807, 2.05) is 5.32 Å². The van der Waals surface area contributed by atoms with Crippen molar-refractivity contribution >= 4 is 23.3 Å². The Hall–Kier alpha value is -1.46. The largest absolute Gasteiger partial charge is 0.368 e. The van der Waals surface area contributed by atoms with Gasteiger partial charge in [-0.2, -0.15) is 0 Å². The van der Waals surface area contributed by atoms with Gasteiger partial charge >= 0.3 is 6.03 Å². The van der Waals surface area contributed by atoms with E-state index in [1.165, 1.54) is 19.1 Å². The Balaban J connectivity index is 2.31. The minimum atomic E-state index is -4.15. The van der Waals surface area contributed by atoms with E-state index < -0.39 is 92.9 Å². The predicted octanol–water partition coefficient (Wildman–Crippen LogP) is 3.65. The van der Waals surface area contributed by atoms with E-state index in [2.05, 4.69) is 0 Å². The van der Waals surface area contributed by atoms with Gasteiger partial charge in [0.2, 0.25) is 0 Å². The maximum Gasteiger partial charge on any atom is 0.314 e. The average Bonchev–Trinajstić information content (AvgIpc) is 2.87. The summed E-state index contributed by atoms with van der Waals surface area (Å²) in [6.45, 7) is -18.0. The zero-order chi connectivity index (χ0) is 37.2. The highest BCUT2D eigenvalue weighted by Gasteiger charge is 2.24. The number of amides is 2. The van der Waals surface area contributed by atoms with Crippen LogP contribution in [0, 0.1) is 12.8 Å². The summed E-state index contributed by atoms with van der Waals surface area (Å²) in [7, 11) is 0.977. The minimum absolute atomic E-state index is 0.0354. The van der Waals surface area contributed by atoms with Crippen LogP contribution in [0.1, 0.15) is 64.9 Å². The number of nitrogens with one attached hydrogen (secondary N) is 2. The summed E-state index contributed by atoms with van der Waals surface area (Å²) >= 11 is 6.29. The molecule has 0 aromatic heterocycles. The number of carbonyl (C=O) groups excluding carboxylic acids is 1. The molecule has 1 saturated heterocycles. The van der Waals surface area contributed by atoms with Gasteiger partial charge in [-0.25, -0.2) is 4.79 Å². The molecule has 0 radical (unpaired) electrons. The molecule has 2 fully saturated rings. The van der Waals surface area contributed by atoms with Gasteiger partial charge in [-0.1, -0.05) is 23.7 Å². The second-order valence-electron chi connectivity index (χ2n) is 5.42. The van der Waals surface area contributed by atoms with Gasteiger partial charge in [0.05, 0.1) is 17.6 Å². The van der Waals surface area contributed by atoms with E-state index in [0.29, 0.717) is 0 Å². The molecule has 3 rings (SSSR count). The molecule has 150 valence electrons. The van der Waals surface area contributed by atoms with Crippen LogP contribution in [0.15, 0.2) is 18.2 Å². The van der Waals surface area contributed by atoms with Crippen LogP contribution in [0.5, 0.6) is 0 Å². The summed E-state index contributed by atoms with van der Waals surface area (Å²) in [6.07, 6.45) is -18.6. The molecule has 1 saturated carbocycles. The molecule has 1 aromatic rings. The number of benzene rings is 1. The highest BCUT2D eigenvalue weighted by atomic mass is 35.5. The van der Waals surface area contributed by atoms with Crippen molar-refractivity contribution in [1.82, 2.24) is 15.5 Å². The van der Waals surface area contributed by atoms with Crippen LogP contribution in [-0.4, -0.2) is 56.5 Å². The second-order valence-corrected chi connectivity index (χ2v) is 5.80. The van der Waals surface area contributed by atoms with Crippen molar-refractivity contribution in [2.45, 2.75) is 44.9 Å². The fourth-order valence-corrected chi connectivity index (χ4v) is 2.29. The van der Waals surface area contributed by atoms with Crippen molar-refractivity contribution in [3.8, 4) is 0 Å². The van der Waals surface area contributed by atoms with Gasteiger partial charge in [0, 0.05) is 59.6 Å². The van der Waals surface area contributed by atoms with E-state index >= 15 is 0 Å². The van der Waals surface area contributed by atoms with Gasteiger partial charge in [-0.3, -0.25) is 4.90 Å². The summed E-state index contributed by atoms with van der Waals surface area (Å²) < 4.78 is 172. The third kappa shape index (κ3) is 5.52. The van der Waals surface area contributed by atoms with Crippen molar-refractivity contribution in [3.63, 3.8) is 0 Å². The fourth-order valence-electron chi connectivity index (χ4n) is 2.08. The zero-order valence-electron chi connectivity index (χ0n) is 34.6. The van der Waals surface area contributed by atoms with E-state index in [0.717, 1.165) is 13.1 Å². The number of hydrogen-bond acceptors (Lipinski definition) is 3. The van der Waals surface area contributed by atoms with E-state index in [-0.39, 0.29) is 15.5 Å². The lowest BCUT2D eigenvalue weighted by Crippen LogP contribution is -2.47. The molecule has 0 spiro atoms. The zero-order valence-corrected chi connectivity index (χ0v) is 15.4. The SMILES string of the molecule is [2H]C([2H])(CC1([2H])C([2H])([2H])C([2H])([2H])C([2H])(NC(=O)NC)C([2H])([2H])C1([2H])[2H])N1C([2H])([2H])C([2H])([2H])N(c2cccc(C)c2Cl)C([2H])([2H])C1([2H])[2H]. The Morgan fingerprint density at radius 3 is 2.67 bits per heavy atom. The summed E-state index contributed by atoms with van der Waals surface area (Å²) in [5.74, 6) is -4.05. The van der Waals surface area contributed by atoms with Crippen LogP contribution in [0.4, 0.5) is 10.5 Å². The first-order valence-electron chi connectivity index (χ1n) is 17.9. The molecule has 6 heteroatoms. The molecule has 1 aliphatic heterocycles. The highest BCUT2D eigenvalue weighted by molar-refractivity contribution is 6.34. The number of anilines is 1. The number of hydrogen-bond donors (Lipinski definition) is 2. The first-order chi connectivity index (χ1) is 20.6. The number of halogens is 1. The average molecular weight is 413 g/mol. The van der Waals surface area contributed by atoms with Crippen molar-refractivity contribution < 1.29 is 32.2 Å². The van der Waals surface area contributed by atoms with Crippen molar-refractivity contribution in [2.24, 2.45) is 5.89 Å². The Kier molecular flexibility index (Phi) is 2.43. The highest BCUT2D eigenvalue weighted by Crippen LogP contribution is 2.30. The number of carbonyl (C=O) groups is 1. The van der Waals surface area contributed by atoms with Crippen LogP contribution in [0.2, 0.25) is 5.02 Å². The van der Waals surface area contributed by atoms with Crippen LogP contribution < -0.4 is 15.5 Å². The molecule has 0 bridgehead atoms. The Labute approximate surface area is 196 Å². The summed E-state index contributed by atoms with van der Waals surface area (Å²) in [6, 6.07) is -1.47. The smallest absolute Gasteiger partial charge is 0.314 e. The Morgan fingerprint density at radius 1 is 1.30 bits per heavy atom. The standard InChI is InChI=1S/C21H33ClN4O/c1-16-4-3-5-19(20(16)22)26-14-12-25(13-15-26)11-10-17-6-8-18(9-7-17)24-21(27)23-2/h3-5,17-18H,6-15H2,1-2H3,(H2,23,24,27)/i6D2,7D2,8D2,9D2,11D2,12D2,13D2,14D2,15D2,17D,18D. The molecule has 27 heavy (non-hydrogen) atoms. The predicted molar refractivity (Wildman–Crippen MR) is 113 cm³/mol. The molecule has 0 unspecified atom stereocenters. The van der Waals surface area contributed by atoms with Crippen LogP contribution in [0.3, 0.4) is 0 Å². The molecule has 5 nitrogen and oxygen atoms in total. The van der Waals surface area contributed by atoms with Crippen molar-refractivity contribution in [1.29, 1.82) is 0 Å². The van der Waals surface area contributed by atoms with Crippen LogP contribution >= 0.6 is 11.6 Å². The van der Waals surface area contributed by atoms with E-state index in [1.54, 1.807) is 5.32 Å². The molecule has 1 aromatic carbocycles. The first-order valence-corrected chi connectivity index (χ1v) is 8.31. The second kappa shape index (κ2) is 9.65. The monoisotopic (exact) mass is 412 g/mol. The van der Waals surface area contributed by atoms with Gasteiger partial charge in [0.1, 0.15) is 0 Å². The summed E-state index contributed by atoms with van der Waals surface area (Å²) in [5, 5.41) is 3.14. The normalized spacial score (nSPS) is 55.7. The maximum atomic E-state index is 12.1. The molecule has 2 N–H and O–H groups in total. The molecular weight excluding hydrogens is 360 g/mol. The van der Waals surface area contributed by atoms with Gasteiger partial charge in [-0.15, -0.1) is 0 Å². The minimum Gasteiger partial charge on any atom is -0.368 e. The van der Waals surface area contributed by atoms with Gasteiger partial charge in [-0.05, 0) is 62.9 Å². The van der Waals surface area contributed by atoms with Crippen LogP contribution in [0.25, 0.3) is 0 Å². The quantitative estimate of drug-likeness (QED) is 0.775. The molecule has 0 atom stereocenters. The lowest BCUT2D eigenvalue weighted by atomic mass is 9.84.